The Labute approximate surface area is 161 Å². The van der Waals surface area contributed by atoms with Crippen LogP contribution >= 0.6 is 11.6 Å². The summed E-state index contributed by atoms with van der Waals surface area (Å²) in [4.78, 5) is 23.9. The number of carbonyl (C=O) groups is 1. The van der Waals surface area contributed by atoms with E-state index in [0.717, 1.165) is 0 Å². The molecule has 1 N–H and O–H groups in total. The first-order chi connectivity index (χ1) is 12.8. The number of ether oxygens (including phenoxy) is 1. The van der Waals surface area contributed by atoms with Crippen LogP contribution in [0, 0.1) is 0 Å². The number of amides is 1. The summed E-state index contributed by atoms with van der Waals surface area (Å²) in [5.74, 6) is -0.523. The molecule has 1 fully saturated rings. The number of anilines is 1. The maximum absolute atomic E-state index is 12.8. The van der Waals surface area contributed by atoms with Gasteiger partial charge in [-0.2, -0.15) is 4.31 Å². The van der Waals surface area contributed by atoms with Crippen LogP contribution in [0.15, 0.2) is 46.2 Å². The molecule has 1 aliphatic heterocycles. The Hall–Kier alpha value is -2.20. The summed E-state index contributed by atoms with van der Waals surface area (Å²) in [7, 11) is -2.24. The molecule has 0 atom stereocenters. The molecule has 1 aliphatic rings. The van der Waals surface area contributed by atoms with Gasteiger partial charge in [-0.1, -0.05) is 11.6 Å². The lowest BCUT2D eigenvalue weighted by atomic mass is 10.2. The molecule has 10 heteroatoms. The Balaban J connectivity index is 1.87. The van der Waals surface area contributed by atoms with Gasteiger partial charge in [0, 0.05) is 43.7 Å². The highest BCUT2D eigenvalue weighted by Crippen LogP contribution is 2.28. The van der Waals surface area contributed by atoms with Crippen molar-refractivity contribution in [3.63, 3.8) is 0 Å². The lowest BCUT2D eigenvalue weighted by Gasteiger charge is -2.26. The van der Waals surface area contributed by atoms with Gasteiger partial charge >= 0.3 is 0 Å². The number of aryl methyl sites for hydroxylation is 1. The van der Waals surface area contributed by atoms with Crippen LogP contribution in [0.2, 0.25) is 5.02 Å². The number of rotatable bonds is 4. The number of nitrogens with one attached hydrogen (secondary N) is 1. The predicted molar refractivity (Wildman–Crippen MR) is 101 cm³/mol. The van der Waals surface area contributed by atoms with E-state index in [1.807, 2.05) is 0 Å². The highest BCUT2D eigenvalue weighted by molar-refractivity contribution is 7.89. The van der Waals surface area contributed by atoms with E-state index >= 15 is 0 Å². The first kappa shape index (κ1) is 19.6. The van der Waals surface area contributed by atoms with Crippen molar-refractivity contribution in [3.05, 3.63) is 57.5 Å². The monoisotopic (exact) mass is 411 g/mol. The molecule has 1 aromatic carbocycles. The second kappa shape index (κ2) is 7.81. The van der Waals surface area contributed by atoms with Gasteiger partial charge in [0.25, 0.3) is 11.5 Å². The third-order valence-corrected chi connectivity index (χ3v) is 6.52. The average Bonchev–Trinajstić information content (AvgIpc) is 2.66. The fraction of sp³-hybridized carbons (Fsp3) is 0.294. The number of hydrogen-bond acceptors (Lipinski definition) is 5. The number of sulfonamides is 1. The van der Waals surface area contributed by atoms with Gasteiger partial charge in [0.1, 0.15) is 4.90 Å². The molecule has 27 heavy (non-hydrogen) atoms. The maximum atomic E-state index is 12.8. The van der Waals surface area contributed by atoms with E-state index in [-0.39, 0.29) is 39.8 Å². The molecule has 3 rings (SSSR count). The molecule has 2 aromatic rings. The third-order valence-electron chi connectivity index (χ3n) is 4.14. The van der Waals surface area contributed by atoms with E-state index in [9.17, 15) is 18.0 Å². The van der Waals surface area contributed by atoms with Crippen LogP contribution < -0.4 is 10.9 Å². The van der Waals surface area contributed by atoms with E-state index in [2.05, 4.69) is 5.32 Å². The van der Waals surface area contributed by atoms with Crippen molar-refractivity contribution in [1.82, 2.24) is 8.87 Å². The van der Waals surface area contributed by atoms with Gasteiger partial charge in [0.15, 0.2) is 0 Å². The van der Waals surface area contributed by atoms with Crippen LogP contribution in [0.3, 0.4) is 0 Å². The third kappa shape index (κ3) is 4.22. The Morgan fingerprint density at radius 3 is 2.56 bits per heavy atom. The quantitative estimate of drug-likeness (QED) is 0.818. The van der Waals surface area contributed by atoms with Crippen molar-refractivity contribution in [2.45, 2.75) is 4.90 Å². The molecule has 1 amide bonds. The average molecular weight is 412 g/mol. The molecule has 2 heterocycles. The highest BCUT2D eigenvalue weighted by atomic mass is 35.5. The molecule has 8 nitrogen and oxygen atoms in total. The van der Waals surface area contributed by atoms with Crippen LogP contribution in [-0.2, 0) is 21.8 Å². The Bertz CT molecular complexity index is 1030. The van der Waals surface area contributed by atoms with E-state index in [4.69, 9.17) is 16.3 Å². The van der Waals surface area contributed by atoms with Crippen molar-refractivity contribution in [3.8, 4) is 0 Å². The van der Waals surface area contributed by atoms with Gasteiger partial charge in [-0.05, 0) is 24.3 Å². The molecule has 1 aromatic heterocycles. The van der Waals surface area contributed by atoms with Crippen LogP contribution in [-0.4, -0.2) is 49.5 Å². The number of nitrogens with zero attached hydrogens (tertiary/aromatic N) is 2. The lowest BCUT2D eigenvalue weighted by Crippen LogP contribution is -2.40. The number of hydrogen-bond donors (Lipinski definition) is 1. The van der Waals surface area contributed by atoms with E-state index in [1.165, 1.54) is 45.4 Å². The van der Waals surface area contributed by atoms with Gasteiger partial charge in [0.2, 0.25) is 10.0 Å². The SMILES string of the molecule is Cn1ccc(C(=O)Nc2ccc(Cl)c(S(=O)(=O)N3CCOCC3)c2)cc1=O. The number of pyridine rings is 1. The fourth-order valence-corrected chi connectivity index (χ4v) is 4.51. The van der Waals surface area contributed by atoms with Crippen LogP contribution in [0.25, 0.3) is 0 Å². The number of morpholine rings is 1. The minimum atomic E-state index is -3.81. The Morgan fingerprint density at radius 2 is 1.89 bits per heavy atom. The van der Waals surface area contributed by atoms with Crippen molar-refractivity contribution < 1.29 is 17.9 Å². The molecule has 0 saturated carbocycles. The highest BCUT2D eigenvalue weighted by Gasteiger charge is 2.28. The molecule has 0 radical (unpaired) electrons. The molecule has 0 bridgehead atoms. The fourth-order valence-electron chi connectivity index (χ4n) is 2.60. The molecule has 0 spiro atoms. The number of halogens is 1. The molecular weight excluding hydrogens is 394 g/mol. The minimum absolute atomic E-state index is 0.0630. The van der Waals surface area contributed by atoms with Gasteiger partial charge < -0.3 is 14.6 Å². The molecular formula is C17H18ClN3O5S. The minimum Gasteiger partial charge on any atom is -0.379 e. The Morgan fingerprint density at radius 1 is 1.19 bits per heavy atom. The first-order valence-electron chi connectivity index (χ1n) is 8.14. The van der Waals surface area contributed by atoms with Crippen molar-refractivity contribution in [2.75, 3.05) is 31.6 Å². The summed E-state index contributed by atoms with van der Waals surface area (Å²) in [5, 5.41) is 2.66. The summed E-state index contributed by atoms with van der Waals surface area (Å²) in [6.45, 7) is 1.11. The topological polar surface area (TPSA) is 97.7 Å². The standard InChI is InChI=1S/C17H18ClN3O5S/c1-20-5-4-12(10-16(20)22)17(23)19-13-2-3-14(18)15(11-13)27(24,25)21-6-8-26-9-7-21/h2-5,10-11H,6-9H2,1H3,(H,19,23). The maximum Gasteiger partial charge on any atom is 0.255 e. The normalized spacial score (nSPS) is 15.5. The van der Waals surface area contributed by atoms with Crippen molar-refractivity contribution in [2.24, 2.45) is 7.05 Å². The van der Waals surface area contributed by atoms with Gasteiger partial charge in [-0.15, -0.1) is 0 Å². The first-order valence-corrected chi connectivity index (χ1v) is 9.96. The lowest BCUT2D eigenvalue weighted by molar-refractivity contribution is 0.0730. The van der Waals surface area contributed by atoms with Gasteiger partial charge in [-0.25, -0.2) is 8.42 Å². The van der Waals surface area contributed by atoms with Gasteiger partial charge in [-0.3, -0.25) is 9.59 Å². The number of benzene rings is 1. The second-order valence-corrected chi connectivity index (χ2v) is 8.29. The van der Waals surface area contributed by atoms with E-state index < -0.39 is 15.9 Å². The number of aromatic nitrogens is 1. The predicted octanol–water partition coefficient (Wildman–Crippen LogP) is 1.31. The van der Waals surface area contributed by atoms with Crippen LogP contribution in [0.1, 0.15) is 10.4 Å². The summed E-state index contributed by atoms with van der Waals surface area (Å²) >= 11 is 6.10. The summed E-state index contributed by atoms with van der Waals surface area (Å²) in [6.07, 6.45) is 1.48. The summed E-state index contributed by atoms with van der Waals surface area (Å²) < 4.78 is 33.5. The summed E-state index contributed by atoms with van der Waals surface area (Å²) in [6, 6.07) is 6.93. The van der Waals surface area contributed by atoms with Crippen LogP contribution in [0.5, 0.6) is 0 Å². The smallest absolute Gasteiger partial charge is 0.255 e. The second-order valence-electron chi connectivity index (χ2n) is 5.98. The van der Waals surface area contributed by atoms with Gasteiger partial charge in [0.05, 0.1) is 18.2 Å². The summed E-state index contributed by atoms with van der Waals surface area (Å²) in [5.41, 5.74) is 0.108. The molecule has 0 aliphatic carbocycles. The Kier molecular flexibility index (Phi) is 5.66. The zero-order chi connectivity index (χ0) is 19.6. The number of carbonyl (C=O) groups excluding carboxylic acids is 1. The molecule has 0 unspecified atom stereocenters. The zero-order valence-electron chi connectivity index (χ0n) is 14.5. The van der Waals surface area contributed by atoms with Crippen molar-refractivity contribution in [1.29, 1.82) is 0 Å². The molecule has 1 saturated heterocycles. The largest absolute Gasteiger partial charge is 0.379 e. The van der Waals surface area contributed by atoms with E-state index in [1.54, 1.807) is 7.05 Å². The van der Waals surface area contributed by atoms with E-state index in [0.29, 0.717) is 13.2 Å². The zero-order valence-corrected chi connectivity index (χ0v) is 16.1. The molecule has 144 valence electrons. The van der Waals surface area contributed by atoms with Crippen LogP contribution in [0.4, 0.5) is 5.69 Å². The van der Waals surface area contributed by atoms with Crippen molar-refractivity contribution >= 4 is 33.2 Å².